The monoisotopic (exact) mass is 316 g/mol. The van der Waals surface area contributed by atoms with Crippen molar-refractivity contribution >= 4 is 23.2 Å². The fourth-order valence-electron chi connectivity index (χ4n) is 1.84. The minimum atomic E-state index is 0.305. The Morgan fingerprint density at radius 3 is 2.10 bits per heavy atom. The molecule has 3 aromatic rings. The molecule has 21 heavy (non-hydrogen) atoms. The highest BCUT2D eigenvalue weighted by Crippen LogP contribution is 2.27. The van der Waals surface area contributed by atoms with Gasteiger partial charge in [-0.05, 0) is 24.3 Å². The van der Waals surface area contributed by atoms with Crippen molar-refractivity contribution in [3.63, 3.8) is 0 Å². The minimum Gasteiger partial charge on any atom is -0.457 e. The van der Waals surface area contributed by atoms with E-state index in [0.29, 0.717) is 21.9 Å². The summed E-state index contributed by atoms with van der Waals surface area (Å²) in [5, 5.41) is 0.610. The lowest BCUT2D eigenvalue weighted by molar-refractivity contribution is 0.483. The summed E-state index contributed by atoms with van der Waals surface area (Å²) in [6.45, 7) is 0. The smallest absolute Gasteiger partial charge is 0.162 e. The number of ether oxygens (including phenoxy) is 1. The highest BCUT2D eigenvalue weighted by molar-refractivity contribution is 6.33. The van der Waals surface area contributed by atoms with E-state index < -0.39 is 0 Å². The topological polar surface area (TPSA) is 35.0 Å². The van der Waals surface area contributed by atoms with Crippen LogP contribution in [0.3, 0.4) is 0 Å². The van der Waals surface area contributed by atoms with E-state index in [9.17, 15) is 0 Å². The summed E-state index contributed by atoms with van der Waals surface area (Å²) in [5.74, 6) is 1.92. The Morgan fingerprint density at radius 1 is 0.714 bits per heavy atom. The third-order valence-corrected chi connectivity index (χ3v) is 3.12. The van der Waals surface area contributed by atoms with Gasteiger partial charge in [0, 0.05) is 11.6 Å². The van der Waals surface area contributed by atoms with Gasteiger partial charge in [-0.2, -0.15) is 0 Å². The zero-order chi connectivity index (χ0) is 14.7. The van der Waals surface area contributed by atoms with Gasteiger partial charge in [-0.1, -0.05) is 53.5 Å². The van der Waals surface area contributed by atoms with Crippen LogP contribution in [0, 0.1) is 0 Å². The fraction of sp³-hybridized carbons (Fsp3) is 0. The number of hydrogen-bond acceptors (Lipinski definition) is 3. The zero-order valence-electron chi connectivity index (χ0n) is 10.8. The summed E-state index contributed by atoms with van der Waals surface area (Å²) in [5.41, 5.74) is 0.785. The second kappa shape index (κ2) is 6.12. The van der Waals surface area contributed by atoms with E-state index in [4.69, 9.17) is 27.9 Å². The van der Waals surface area contributed by atoms with Crippen LogP contribution in [0.5, 0.6) is 11.5 Å². The Morgan fingerprint density at radius 2 is 1.38 bits per heavy atom. The largest absolute Gasteiger partial charge is 0.457 e. The van der Waals surface area contributed by atoms with E-state index in [2.05, 4.69) is 9.97 Å². The normalized spacial score (nSPS) is 10.4. The molecule has 0 bridgehead atoms. The molecule has 2 aromatic carbocycles. The van der Waals surface area contributed by atoms with Crippen molar-refractivity contribution in [2.45, 2.75) is 0 Å². The maximum atomic E-state index is 5.90. The molecule has 3 nitrogen and oxygen atoms in total. The van der Waals surface area contributed by atoms with Crippen LogP contribution >= 0.6 is 23.2 Å². The number of benzene rings is 2. The lowest BCUT2D eigenvalue weighted by Crippen LogP contribution is -1.91. The van der Waals surface area contributed by atoms with Crippen molar-refractivity contribution in [3.05, 3.63) is 71.0 Å². The van der Waals surface area contributed by atoms with Gasteiger partial charge >= 0.3 is 0 Å². The molecule has 3 rings (SSSR count). The summed E-state index contributed by atoms with van der Waals surface area (Å²) in [6.07, 6.45) is 0. The van der Waals surface area contributed by atoms with Crippen LogP contribution in [0.15, 0.2) is 60.7 Å². The lowest BCUT2D eigenvalue weighted by Gasteiger charge is -2.07. The highest BCUT2D eigenvalue weighted by Gasteiger charge is 2.06. The second-order valence-electron chi connectivity index (χ2n) is 4.28. The van der Waals surface area contributed by atoms with Gasteiger partial charge in [0.25, 0.3) is 0 Å². The van der Waals surface area contributed by atoms with Gasteiger partial charge in [0.2, 0.25) is 0 Å². The molecule has 0 aliphatic carbocycles. The summed E-state index contributed by atoms with van der Waals surface area (Å²) in [7, 11) is 0. The average molecular weight is 317 g/mol. The Labute approximate surface area is 132 Å². The van der Waals surface area contributed by atoms with E-state index in [0.717, 1.165) is 11.3 Å². The van der Waals surface area contributed by atoms with Crippen LogP contribution < -0.4 is 4.74 Å². The van der Waals surface area contributed by atoms with Crippen molar-refractivity contribution < 1.29 is 4.74 Å². The van der Waals surface area contributed by atoms with Crippen molar-refractivity contribution in [3.8, 4) is 22.9 Å². The van der Waals surface area contributed by atoms with Gasteiger partial charge < -0.3 is 4.74 Å². The lowest BCUT2D eigenvalue weighted by atomic mass is 10.2. The molecule has 0 amide bonds. The van der Waals surface area contributed by atoms with Gasteiger partial charge in [-0.25, -0.2) is 9.97 Å². The molecule has 0 radical (unpaired) electrons. The molecule has 0 N–H and O–H groups in total. The molecule has 0 fully saturated rings. The predicted molar refractivity (Wildman–Crippen MR) is 84.0 cm³/mol. The first-order valence-corrected chi connectivity index (χ1v) is 7.00. The summed E-state index contributed by atoms with van der Waals surface area (Å²) >= 11 is 11.8. The van der Waals surface area contributed by atoms with E-state index in [1.807, 2.05) is 54.6 Å². The van der Waals surface area contributed by atoms with Crippen LogP contribution in [-0.4, -0.2) is 9.97 Å². The van der Waals surface area contributed by atoms with Gasteiger partial charge in [0.15, 0.2) is 5.82 Å². The van der Waals surface area contributed by atoms with Gasteiger partial charge in [0.05, 0.1) is 0 Å². The predicted octanol–water partition coefficient (Wildman–Crippen LogP) is 5.24. The van der Waals surface area contributed by atoms with Crippen molar-refractivity contribution in [1.82, 2.24) is 9.97 Å². The molecule has 104 valence electrons. The number of halogens is 2. The van der Waals surface area contributed by atoms with Gasteiger partial charge in [0.1, 0.15) is 21.8 Å². The van der Waals surface area contributed by atoms with E-state index in [1.165, 1.54) is 6.07 Å². The molecule has 0 unspecified atom stereocenters. The Balaban J connectivity index is 1.93. The molecule has 5 heteroatoms. The molecule has 1 heterocycles. The van der Waals surface area contributed by atoms with Crippen molar-refractivity contribution in [2.24, 2.45) is 0 Å². The first kappa shape index (κ1) is 13.9. The quantitative estimate of drug-likeness (QED) is 0.619. The molecule has 0 saturated carbocycles. The first-order valence-electron chi connectivity index (χ1n) is 6.24. The number of hydrogen-bond donors (Lipinski definition) is 0. The van der Waals surface area contributed by atoms with E-state index in [1.54, 1.807) is 0 Å². The van der Waals surface area contributed by atoms with Crippen LogP contribution in [0.1, 0.15) is 0 Å². The van der Waals surface area contributed by atoms with Gasteiger partial charge in [-0.3, -0.25) is 0 Å². The van der Waals surface area contributed by atoms with Crippen molar-refractivity contribution in [2.75, 3.05) is 0 Å². The van der Waals surface area contributed by atoms with E-state index >= 15 is 0 Å². The molecule has 0 aliphatic heterocycles. The third kappa shape index (κ3) is 3.51. The van der Waals surface area contributed by atoms with Crippen LogP contribution in [0.4, 0.5) is 0 Å². The molecule has 0 aliphatic rings. The maximum Gasteiger partial charge on any atom is 0.162 e. The maximum absolute atomic E-state index is 5.90. The van der Waals surface area contributed by atoms with Crippen LogP contribution in [0.25, 0.3) is 11.4 Å². The molecular weight excluding hydrogens is 307 g/mol. The summed E-state index contributed by atoms with van der Waals surface area (Å²) in [4.78, 5) is 8.33. The van der Waals surface area contributed by atoms with Gasteiger partial charge in [-0.15, -0.1) is 0 Å². The molecule has 0 saturated heterocycles. The fourth-order valence-corrected chi connectivity index (χ4v) is 2.27. The minimum absolute atomic E-state index is 0.305. The molecular formula is C16H10Cl2N2O. The number of para-hydroxylation sites is 1. The standard InChI is InChI=1S/C16H10Cl2N2O/c17-14-10-15(18)20-16(19-14)11-5-4-8-13(9-11)21-12-6-2-1-3-7-12/h1-10H. The Kier molecular flexibility index (Phi) is 4.04. The van der Waals surface area contributed by atoms with E-state index in [-0.39, 0.29) is 0 Å². The molecule has 1 aromatic heterocycles. The van der Waals surface area contributed by atoms with Crippen LogP contribution in [0.2, 0.25) is 10.3 Å². The Hall–Kier alpha value is -2.10. The average Bonchev–Trinajstić information content (AvgIpc) is 2.47. The number of aromatic nitrogens is 2. The van der Waals surface area contributed by atoms with Crippen LogP contribution in [-0.2, 0) is 0 Å². The second-order valence-corrected chi connectivity index (χ2v) is 5.05. The molecule has 0 spiro atoms. The number of nitrogens with zero attached hydrogens (tertiary/aromatic N) is 2. The molecule has 0 atom stereocenters. The summed E-state index contributed by atoms with van der Waals surface area (Å²) < 4.78 is 5.78. The van der Waals surface area contributed by atoms with Crippen molar-refractivity contribution in [1.29, 1.82) is 0 Å². The highest BCUT2D eigenvalue weighted by atomic mass is 35.5. The zero-order valence-corrected chi connectivity index (χ0v) is 12.3. The first-order chi connectivity index (χ1) is 10.2. The number of rotatable bonds is 3. The SMILES string of the molecule is Clc1cc(Cl)nc(-c2cccc(Oc3ccccc3)c2)n1. The summed E-state index contributed by atoms with van der Waals surface area (Å²) in [6, 6.07) is 18.5. The Bertz CT molecular complexity index is 743. The third-order valence-electron chi connectivity index (χ3n) is 2.73.